The molecular weight excluding hydrogens is 249 g/mol. The van der Waals surface area contributed by atoms with Crippen LogP contribution >= 0.6 is 11.8 Å². The van der Waals surface area contributed by atoms with E-state index >= 15 is 0 Å². The number of aliphatic hydroxyl groups is 1. The van der Waals surface area contributed by atoms with Crippen molar-refractivity contribution in [2.75, 3.05) is 25.4 Å². The SMILES string of the molecule is CC1(O)CCCN(CCSc2ccccc2F)C1. The second-order valence-electron chi connectivity index (χ2n) is 5.16. The third-order valence-electron chi connectivity index (χ3n) is 3.26. The van der Waals surface area contributed by atoms with Gasteiger partial charge in [0.05, 0.1) is 5.60 Å². The minimum absolute atomic E-state index is 0.145. The summed E-state index contributed by atoms with van der Waals surface area (Å²) in [5, 5.41) is 10.00. The lowest BCUT2D eigenvalue weighted by molar-refractivity contribution is -0.0133. The zero-order chi connectivity index (χ0) is 13.0. The van der Waals surface area contributed by atoms with E-state index in [1.807, 2.05) is 19.1 Å². The molecule has 1 saturated heterocycles. The molecule has 1 unspecified atom stereocenters. The molecule has 1 N–H and O–H groups in total. The molecule has 0 aliphatic carbocycles. The summed E-state index contributed by atoms with van der Waals surface area (Å²) in [7, 11) is 0. The summed E-state index contributed by atoms with van der Waals surface area (Å²) in [6, 6.07) is 6.87. The summed E-state index contributed by atoms with van der Waals surface area (Å²) >= 11 is 1.54. The normalized spacial score (nSPS) is 25.3. The molecule has 0 bridgehead atoms. The summed E-state index contributed by atoms with van der Waals surface area (Å²) in [5.41, 5.74) is -0.555. The minimum Gasteiger partial charge on any atom is -0.389 e. The lowest BCUT2D eigenvalue weighted by Crippen LogP contribution is -2.46. The van der Waals surface area contributed by atoms with Gasteiger partial charge in [0.15, 0.2) is 0 Å². The van der Waals surface area contributed by atoms with Crippen LogP contribution in [0.2, 0.25) is 0 Å². The van der Waals surface area contributed by atoms with Gasteiger partial charge in [-0.25, -0.2) is 4.39 Å². The fraction of sp³-hybridized carbons (Fsp3) is 0.571. The quantitative estimate of drug-likeness (QED) is 0.850. The van der Waals surface area contributed by atoms with Crippen molar-refractivity contribution in [2.24, 2.45) is 0 Å². The van der Waals surface area contributed by atoms with Gasteiger partial charge in [-0.1, -0.05) is 12.1 Å². The summed E-state index contributed by atoms with van der Waals surface area (Å²) in [5.74, 6) is 0.713. The highest BCUT2D eigenvalue weighted by Gasteiger charge is 2.27. The molecule has 1 aliphatic heterocycles. The van der Waals surface area contributed by atoms with E-state index in [1.165, 1.54) is 6.07 Å². The molecule has 2 rings (SSSR count). The van der Waals surface area contributed by atoms with Crippen LogP contribution in [0, 0.1) is 5.82 Å². The summed E-state index contributed by atoms with van der Waals surface area (Å²) in [4.78, 5) is 2.97. The minimum atomic E-state index is -0.555. The van der Waals surface area contributed by atoms with E-state index in [1.54, 1.807) is 17.8 Å². The number of β-amino-alcohol motifs (C(OH)–C–C–N with tert-alkyl or cyclic N) is 1. The molecule has 1 aromatic rings. The predicted molar refractivity (Wildman–Crippen MR) is 73.4 cm³/mol. The molecule has 0 saturated carbocycles. The van der Waals surface area contributed by atoms with Crippen LogP contribution in [0.25, 0.3) is 0 Å². The molecule has 1 fully saturated rings. The molecule has 4 heteroatoms. The molecule has 1 heterocycles. The number of hydrogen-bond acceptors (Lipinski definition) is 3. The number of nitrogens with zero attached hydrogens (tertiary/aromatic N) is 1. The van der Waals surface area contributed by atoms with Gasteiger partial charge in [0, 0.05) is 23.7 Å². The zero-order valence-corrected chi connectivity index (χ0v) is 11.5. The van der Waals surface area contributed by atoms with E-state index in [9.17, 15) is 9.50 Å². The smallest absolute Gasteiger partial charge is 0.136 e. The zero-order valence-electron chi connectivity index (χ0n) is 10.7. The lowest BCUT2D eigenvalue weighted by Gasteiger charge is -2.36. The van der Waals surface area contributed by atoms with Crippen molar-refractivity contribution in [3.05, 3.63) is 30.1 Å². The van der Waals surface area contributed by atoms with Crippen LogP contribution in [-0.4, -0.2) is 41.0 Å². The van der Waals surface area contributed by atoms with Crippen molar-refractivity contribution in [1.82, 2.24) is 4.90 Å². The van der Waals surface area contributed by atoms with Crippen LogP contribution in [0.5, 0.6) is 0 Å². The Bertz CT molecular complexity index is 397. The molecule has 1 aromatic carbocycles. The Kier molecular flexibility index (Phi) is 4.65. The van der Waals surface area contributed by atoms with E-state index in [2.05, 4.69) is 4.90 Å². The van der Waals surface area contributed by atoms with Crippen molar-refractivity contribution in [2.45, 2.75) is 30.3 Å². The van der Waals surface area contributed by atoms with Crippen LogP contribution in [0.3, 0.4) is 0 Å². The maximum atomic E-state index is 13.4. The highest BCUT2D eigenvalue weighted by atomic mass is 32.2. The van der Waals surface area contributed by atoms with Gasteiger partial charge < -0.3 is 5.11 Å². The Morgan fingerprint density at radius 2 is 2.22 bits per heavy atom. The van der Waals surface area contributed by atoms with Crippen molar-refractivity contribution < 1.29 is 9.50 Å². The highest BCUT2D eigenvalue weighted by Crippen LogP contribution is 2.23. The van der Waals surface area contributed by atoms with Gasteiger partial charge in [0.2, 0.25) is 0 Å². The van der Waals surface area contributed by atoms with Crippen LogP contribution in [0.4, 0.5) is 4.39 Å². The first-order valence-electron chi connectivity index (χ1n) is 6.39. The molecule has 18 heavy (non-hydrogen) atoms. The molecule has 0 amide bonds. The number of hydrogen-bond donors (Lipinski definition) is 1. The van der Waals surface area contributed by atoms with Crippen LogP contribution in [0.15, 0.2) is 29.2 Å². The molecule has 0 aromatic heterocycles. The standard InChI is InChI=1S/C14H20FNOS/c1-14(17)7-4-8-16(11-14)9-10-18-13-6-3-2-5-12(13)15/h2-3,5-6,17H,4,7-11H2,1H3. The maximum Gasteiger partial charge on any atom is 0.136 e. The van der Waals surface area contributed by atoms with Crippen LogP contribution in [0.1, 0.15) is 19.8 Å². The molecular formula is C14H20FNOS. The molecule has 1 aliphatic rings. The number of piperidine rings is 1. The van der Waals surface area contributed by atoms with Gasteiger partial charge in [0.1, 0.15) is 5.82 Å². The highest BCUT2D eigenvalue weighted by molar-refractivity contribution is 7.99. The molecule has 0 spiro atoms. The first kappa shape index (κ1) is 13.8. The number of rotatable bonds is 4. The van der Waals surface area contributed by atoms with Crippen LogP contribution in [-0.2, 0) is 0 Å². The molecule has 1 atom stereocenters. The average Bonchev–Trinajstić information content (AvgIpc) is 2.30. The first-order valence-corrected chi connectivity index (χ1v) is 7.37. The molecule has 2 nitrogen and oxygen atoms in total. The second-order valence-corrected chi connectivity index (χ2v) is 6.29. The van der Waals surface area contributed by atoms with Gasteiger partial charge in [-0.15, -0.1) is 11.8 Å². The Balaban J connectivity index is 1.77. The summed E-state index contributed by atoms with van der Waals surface area (Å²) < 4.78 is 13.4. The van der Waals surface area contributed by atoms with E-state index in [4.69, 9.17) is 0 Å². The van der Waals surface area contributed by atoms with Crippen molar-refractivity contribution in [3.8, 4) is 0 Å². The Hall–Kier alpha value is -0.580. The third kappa shape index (κ3) is 3.97. The van der Waals surface area contributed by atoms with E-state index in [0.717, 1.165) is 38.2 Å². The number of thioether (sulfide) groups is 1. The van der Waals surface area contributed by atoms with E-state index in [-0.39, 0.29) is 5.82 Å². The van der Waals surface area contributed by atoms with Crippen molar-refractivity contribution in [1.29, 1.82) is 0 Å². The number of benzene rings is 1. The van der Waals surface area contributed by atoms with E-state index < -0.39 is 5.60 Å². The van der Waals surface area contributed by atoms with Gasteiger partial charge in [0.25, 0.3) is 0 Å². The Morgan fingerprint density at radius 1 is 1.44 bits per heavy atom. The Morgan fingerprint density at radius 3 is 2.94 bits per heavy atom. The second kappa shape index (κ2) is 6.04. The van der Waals surface area contributed by atoms with Gasteiger partial charge in [-0.2, -0.15) is 0 Å². The first-order chi connectivity index (χ1) is 8.57. The predicted octanol–water partition coefficient (Wildman–Crippen LogP) is 2.76. The average molecular weight is 269 g/mol. The van der Waals surface area contributed by atoms with Crippen molar-refractivity contribution >= 4 is 11.8 Å². The fourth-order valence-corrected chi connectivity index (χ4v) is 3.31. The largest absolute Gasteiger partial charge is 0.389 e. The molecule has 0 radical (unpaired) electrons. The van der Waals surface area contributed by atoms with Gasteiger partial charge in [-0.05, 0) is 38.4 Å². The van der Waals surface area contributed by atoms with Crippen LogP contribution < -0.4 is 0 Å². The summed E-state index contributed by atoms with van der Waals surface area (Å²) in [6.45, 7) is 4.55. The lowest BCUT2D eigenvalue weighted by atomic mass is 9.95. The maximum absolute atomic E-state index is 13.4. The third-order valence-corrected chi connectivity index (χ3v) is 4.28. The number of likely N-dealkylation sites (tertiary alicyclic amines) is 1. The monoisotopic (exact) mass is 269 g/mol. The van der Waals surface area contributed by atoms with Gasteiger partial charge in [-0.3, -0.25) is 4.90 Å². The van der Waals surface area contributed by atoms with Crippen molar-refractivity contribution in [3.63, 3.8) is 0 Å². The molecule has 100 valence electrons. The van der Waals surface area contributed by atoms with E-state index in [0.29, 0.717) is 4.90 Å². The fourth-order valence-electron chi connectivity index (χ4n) is 2.36. The Labute approximate surface area is 112 Å². The topological polar surface area (TPSA) is 23.5 Å². The van der Waals surface area contributed by atoms with Gasteiger partial charge >= 0.3 is 0 Å². The number of halogens is 1. The summed E-state index contributed by atoms with van der Waals surface area (Å²) in [6.07, 6.45) is 1.92.